The number of hydrogen-bond acceptors (Lipinski definition) is 2. The maximum absolute atomic E-state index is 10.8. The lowest BCUT2D eigenvalue weighted by molar-refractivity contribution is 0.0662. The number of furan rings is 1. The van der Waals surface area contributed by atoms with Crippen molar-refractivity contribution >= 4 is 5.97 Å². The third kappa shape index (κ3) is 3.28. The van der Waals surface area contributed by atoms with Crippen LogP contribution in [0.5, 0.6) is 0 Å². The molecular weight excluding hydrogens is 264 g/mol. The van der Waals surface area contributed by atoms with E-state index in [0.717, 1.165) is 18.4 Å². The zero-order chi connectivity index (χ0) is 15.6. The standard InChI is InChI=1S/C18H20O3/c1-12-6-5-11-18(3,4)16(12)13(2)7-8-14-9-10-15(21-14)17(19)20/h9-10H,2,5-6,11H2,1,3-4H3,(H,19,20). The summed E-state index contributed by atoms with van der Waals surface area (Å²) in [7, 11) is 0. The molecule has 1 heterocycles. The van der Waals surface area contributed by atoms with E-state index in [4.69, 9.17) is 9.52 Å². The van der Waals surface area contributed by atoms with Crippen LogP contribution in [-0.4, -0.2) is 11.1 Å². The molecule has 1 aliphatic carbocycles. The molecule has 0 spiro atoms. The molecule has 1 N–H and O–H groups in total. The van der Waals surface area contributed by atoms with Gasteiger partial charge in [-0.2, -0.15) is 0 Å². The zero-order valence-electron chi connectivity index (χ0n) is 12.7. The average molecular weight is 284 g/mol. The van der Waals surface area contributed by atoms with Crippen LogP contribution in [0.4, 0.5) is 0 Å². The van der Waals surface area contributed by atoms with Gasteiger partial charge in [-0.1, -0.05) is 31.9 Å². The summed E-state index contributed by atoms with van der Waals surface area (Å²) >= 11 is 0. The van der Waals surface area contributed by atoms with Crippen LogP contribution in [0.25, 0.3) is 0 Å². The molecule has 0 amide bonds. The van der Waals surface area contributed by atoms with Crippen LogP contribution in [0, 0.1) is 17.3 Å². The lowest BCUT2D eigenvalue weighted by atomic mass is 9.70. The van der Waals surface area contributed by atoms with E-state index < -0.39 is 5.97 Å². The minimum atomic E-state index is -1.09. The molecule has 0 bridgehead atoms. The van der Waals surface area contributed by atoms with Crippen molar-refractivity contribution < 1.29 is 14.3 Å². The molecule has 1 aromatic heterocycles. The van der Waals surface area contributed by atoms with Gasteiger partial charge < -0.3 is 9.52 Å². The van der Waals surface area contributed by atoms with Crippen molar-refractivity contribution in [2.24, 2.45) is 5.41 Å². The van der Waals surface area contributed by atoms with Crippen molar-refractivity contribution in [3.8, 4) is 11.8 Å². The summed E-state index contributed by atoms with van der Waals surface area (Å²) < 4.78 is 5.13. The van der Waals surface area contributed by atoms with E-state index in [1.54, 1.807) is 6.07 Å². The predicted octanol–water partition coefficient (Wildman–Crippen LogP) is 4.41. The Bertz CT molecular complexity index is 675. The first-order chi connectivity index (χ1) is 9.81. The average Bonchev–Trinajstić information content (AvgIpc) is 2.84. The molecule has 1 aliphatic rings. The molecule has 0 saturated heterocycles. The fourth-order valence-electron chi connectivity index (χ4n) is 3.01. The summed E-state index contributed by atoms with van der Waals surface area (Å²) in [5.41, 5.74) is 3.46. The summed E-state index contributed by atoms with van der Waals surface area (Å²) in [5.74, 6) is 5.04. The second-order valence-electron chi connectivity index (χ2n) is 6.09. The van der Waals surface area contributed by atoms with Gasteiger partial charge in [-0.25, -0.2) is 4.79 Å². The number of hydrogen-bond donors (Lipinski definition) is 1. The van der Waals surface area contributed by atoms with Gasteiger partial charge in [0.25, 0.3) is 0 Å². The smallest absolute Gasteiger partial charge is 0.371 e. The maximum Gasteiger partial charge on any atom is 0.371 e. The molecule has 21 heavy (non-hydrogen) atoms. The number of aromatic carboxylic acids is 1. The van der Waals surface area contributed by atoms with Crippen molar-refractivity contribution in [3.63, 3.8) is 0 Å². The molecule has 0 aromatic carbocycles. The van der Waals surface area contributed by atoms with E-state index >= 15 is 0 Å². The van der Waals surface area contributed by atoms with Crippen LogP contribution in [0.2, 0.25) is 0 Å². The second-order valence-corrected chi connectivity index (χ2v) is 6.09. The first-order valence-electron chi connectivity index (χ1n) is 7.06. The Kier molecular flexibility index (Phi) is 4.09. The number of allylic oxidation sites excluding steroid dienone is 3. The molecule has 2 rings (SSSR count). The van der Waals surface area contributed by atoms with Gasteiger partial charge >= 0.3 is 5.97 Å². The highest BCUT2D eigenvalue weighted by Gasteiger charge is 2.29. The van der Waals surface area contributed by atoms with Crippen molar-refractivity contribution in [3.05, 3.63) is 47.0 Å². The summed E-state index contributed by atoms with van der Waals surface area (Å²) in [6.45, 7) is 10.7. The maximum atomic E-state index is 10.8. The van der Waals surface area contributed by atoms with Gasteiger partial charge in [0.1, 0.15) is 0 Å². The third-order valence-electron chi connectivity index (χ3n) is 3.91. The van der Waals surface area contributed by atoms with Crippen molar-refractivity contribution in [1.82, 2.24) is 0 Å². The Labute approximate surface area is 125 Å². The van der Waals surface area contributed by atoms with Gasteiger partial charge in [-0.3, -0.25) is 0 Å². The highest BCUT2D eigenvalue weighted by molar-refractivity contribution is 5.84. The highest BCUT2D eigenvalue weighted by Crippen LogP contribution is 2.43. The SMILES string of the molecule is C=C(C#Cc1ccc(C(=O)O)o1)C1=C(C)CCCC1(C)C. The first kappa shape index (κ1) is 15.2. The summed E-state index contributed by atoms with van der Waals surface area (Å²) in [6.07, 6.45) is 3.41. The van der Waals surface area contributed by atoms with Crippen LogP contribution in [0.1, 0.15) is 56.3 Å². The molecule has 110 valence electrons. The fourth-order valence-corrected chi connectivity index (χ4v) is 3.01. The quantitative estimate of drug-likeness (QED) is 0.818. The van der Waals surface area contributed by atoms with Crippen molar-refractivity contribution in [2.45, 2.75) is 40.0 Å². The zero-order valence-corrected chi connectivity index (χ0v) is 12.7. The Morgan fingerprint density at radius 3 is 2.71 bits per heavy atom. The predicted molar refractivity (Wildman–Crippen MR) is 82.0 cm³/mol. The first-order valence-corrected chi connectivity index (χ1v) is 7.06. The van der Waals surface area contributed by atoms with E-state index in [2.05, 4.69) is 39.2 Å². The van der Waals surface area contributed by atoms with E-state index in [1.165, 1.54) is 23.6 Å². The largest absolute Gasteiger partial charge is 0.475 e. The minimum Gasteiger partial charge on any atom is -0.475 e. The normalized spacial score (nSPS) is 17.1. The Morgan fingerprint density at radius 2 is 2.14 bits per heavy atom. The molecule has 0 fully saturated rings. The molecule has 0 atom stereocenters. The van der Waals surface area contributed by atoms with Gasteiger partial charge in [-0.15, -0.1) is 0 Å². The molecule has 3 nitrogen and oxygen atoms in total. The lowest BCUT2D eigenvalue weighted by Crippen LogP contribution is -2.21. The Morgan fingerprint density at radius 1 is 1.43 bits per heavy atom. The van der Waals surface area contributed by atoms with Crippen LogP contribution in [0.15, 0.2) is 39.8 Å². The van der Waals surface area contributed by atoms with Crippen LogP contribution in [0.3, 0.4) is 0 Å². The van der Waals surface area contributed by atoms with E-state index in [1.807, 2.05) is 0 Å². The second kappa shape index (κ2) is 5.65. The molecule has 1 aromatic rings. The van der Waals surface area contributed by atoms with E-state index in [9.17, 15) is 4.79 Å². The van der Waals surface area contributed by atoms with Gasteiger partial charge in [0.05, 0.1) is 0 Å². The Hall–Kier alpha value is -2.21. The molecule has 0 unspecified atom stereocenters. The summed E-state index contributed by atoms with van der Waals surface area (Å²) in [4.78, 5) is 10.8. The van der Waals surface area contributed by atoms with Gasteiger partial charge in [0.15, 0.2) is 5.76 Å². The minimum absolute atomic E-state index is 0.0868. The van der Waals surface area contributed by atoms with Crippen LogP contribution in [-0.2, 0) is 0 Å². The van der Waals surface area contributed by atoms with Crippen LogP contribution >= 0.6 is 0 Å². The number of carbonyl (C=O) groups is 1. The number of carboxylic acids is 1. The van der Waals surface area contributed by atoms with Crippen LogP contribution < -0.4 is 0 Å². The third-order valence-corrected chi connectivity index (χ3v) is 3.91. The molecule has 0 aliphatic heterocycles. The summed E-state index contributed by atoms with van der Waals surface area (Å²) in [5, 5.41) is 8.82. The van der Waals surface area contributed by atoms with E-state index in [-0.39, 0.29) is 11.2 Å². The molecule has 0 radical (unpaired) electrons. The monoisotopic (exact) mass is 284 g/mol. The lowest BCUT2D eigenvalue weighted by Gasteiger charge is -2.34. The highest BCUT2D eigenvalue weighted by atomic mass is 16.4. The van der Waals surface area contributed by atoms with Gasteiger partial charge in [-0.05, 0) is 55.2 Å². The van der Waals surface area contributed by atoms with E-state index in [0.29, 0.717) is 5.76 Å². The van der Waals surface area contributed by atoms with Crippen molar-refractivity contribution in [1.29, 1.82) is 0 Å². The van der Waals surface area contributed by atoms with Gasteiger partial charge in [0, 0.05) is 5.57 Å². The number of carboxylic acid groups (broad SMARTS) is 1. The van der Waals surface area contributed by atoms with Gasteiger partial charge in [0.2, 0.25) is 5.76 Å². The van der Waals surface area contributed by atoms with Crippen molar-refractivity contribution in [2.75, 3.05) is 0 Å². The Balaban J connectivity index is 2.25. The topological polar surface area (TPSA) is 50.4 Å². The molecule has 0 saturated carbocycles. The molecule has 3 heteroatoms. The summed E-state index contributed by atoms with van der Waals surface area (Å²) in [6, 6.07) is 2.97. The number of rotatable bonds is 2. The fraction of sp³-hybridized carbons (Fsp3) is 0.389. The molecular formula is C18H20O3.